The van der Waals surface area contributed by atoms with Crippen LogP contribution in [0.2, 0.25) is 0 Å². The molecule has 0 bridgehead atoms. The summed E-state index contributed by atoms with van der Waals surface area (Å²) in [6.07, 6.45) is 70.6. The highest BCUT2D eigenvalue weighted by Gasteiger charge is 2.19. The Bertz CT molecular complexity index is 1230. The summed E-state index contributed by atoms with van der Waals surface area (Å²) < 4.78 is 16.9. The predicted octanol–water partition coefficient (Wildman–Crippen LogP) is 19.6. The van der Waals surface area contributed by atoms with Crippen LogP contribution in [0.4, 0.5) is 0 Å². The van der Waals surface area contributed by atoms with Crippen LogP contribution < -0.4 is 0 Å². The molecule has 394 valence electrons. The number of esters is 3. The third kappa shape index (κ3) is 54.1. The first-order valence-electron chi connectivity index (χ1n) is 29.3. The van der Waals surface area contributed by atoms with Gasteiger partial charge in [0.25, 0.3) is 0 Å². The summed E-state index contributed by atoms with van der Waals surface area (Å²) in [7, 11) is 0. The third-order valence-corrected chi connectivity index (χ3v) is 12.7. The standard InChI is InChI=1S/C62H110O6/c1-4-7-10-13-16-19-22-25-28-29-30-31-32-33-35-37-40-43-46-49-52-55-61(64)67-58-59(57-66-60(63)54-51-48-45-42-39-36-27-24-21-18-15-12-9-6-3)68-62(65)56-53-50-47-44-41-38-34-26-23-20-17-14-11-8-5-2/h17,20,22,25-26,29-30,32-34,59H,4-16,18-19,21,23-24,27-28,31,35-58H2,1-3H3/b20-17-,25-22-,30-29-,33-32-,34-26-. The minimum atomic E-state index is -0.786. The number of hydrogen-bond acceptors (Lipinski definition) is 6. The molecular formula is C62H110O6. The number of allylic oxidation sites excluding steroid dienone is 10. The van der Waals surface area contributed by atoms with Crippen molar-refractivity contribution < 1.29 is 28.6 Å². The van der Waals surface area contributed by atoms with Crippen molar-refractivity contribution in [1.82, 2.24) is 0 Å². The second kappa shape index (κ2) is 56.7. The zero-order valence-corrected chi connectivity index (χ0v) is 45.1. The van der Waals surface area contributed by atoms with E-state index in [2.05, 4.69) is 81.5 Å². The van der Waals surface area contributed by atoms with Crippen molar-refractivity contribution in [2.75, 3.05) is 13.2 Å². The molecule has 0 aliphatic rings. The van der Waals surface area contributed by atoms with Crippen LogP contribution in [-0.4, -0.2) is 37.2 Å². The van der Waals surface area contributed by atoms with E-state index in [1.165, 1.54) is 154 Å². The topological polar surface area (TPSA) is 78.9 Å². The molecular weight excluding hydrogens is 841 g/mol. The summed E-state index contributed by atoms with van der Waals surface area (Å²) in [5, 5.41) is 0. The van der Waals surface area contributed by atoms with Crippen LogP contribution in [0.5, 0.6) is 0 Å². The molecule has 0 N–H and O–H groups in total. The molecule has 0 radical (unpaired) electrons. The van der Waals surface area contributed by atoms with E-state index >= 15 is 0 Å². The van der Waals surface area contributed by atoms with E-state index in [1.54, 1.807) is 0 Å². The number of carbonyl (C=O) groups excluding carboxylic acids is 3. The van der Waals surface area contributed by atoms with Gasteiger partial charge in [0, 0.05) is 19.3 Å². The van der Waals surface area contributed by atoms with E-state index in [0.29, 0.717) is 19.3 Å². The molecule has 0 aliphatic carbocycles. The van der Waals surface area contributed by atoms with Crippen molar-refractivity contribution in [2.24, 2.45) is 0 Å². The molecule has 0 spiro atoms. The maximum atomic E-state index is 12.8. The van der Waals surface area contributed by atoms with Crippen molar-refractivity contribution in [3.05, 3.63) is 60.8 Å². The summed E-state index contributed by atoms with van der Waals surface area (Å²) in [5.74, 6) is -0.897. The fourth-order valence-corrected chi connectivity index (χ4v) is 8.30. The Labute approximate surface area is 421 Å². The van der Waals surface area contributed by atoms with Gasteiger partial charge < -0.3 is 14.2 Å². The lowest BCUT2D eigenvalue weighted by Gasteiger charge is -2.18. The van der Waals surface area contributed by atoms with E-state index < -0.39 is 6.10 Å². The van der Waals surface area contributed by atoms with Crippen LogP contribution >= 0.6 is 0 Å². The van der Waals surface area contributed by atoms with Gasteiger partial charge in [-0.2, -0.15) is 0 Å². The first-order valence-corrected chi connectivity index (χ1v) is 29.3. The largest absolute Gasteiger partial charge is 0.462 e. The highest BCUT2D eigenvalue weighted by molar-refractivity contribution is 5.71. The Morgan fingerprint density at radius 2 is 0.529 bits per heavy atom. The van der Waals surface area contributed by atoms with Gasteiger partial charge in [0.2, 0.25) is 0 Å². The number of carbonyl (C=O) groups is 3. The third-order valence-electron chi connectivity index (χ3n) is 12.7. The van der Waals surface area contributed by atoms with Crippen molar-refractivity contribution >= 4 is 17.9 Å². The van der Waals surface area contributed by atoms with Gasteiger partial charge in [-0.25, -0.2) is 0 Å². The van der Waals surface area contributed by atoms with E-state index in [9.17, 15) is 14.4 Å². The Kier molecular flexibility index (Phi) is 54.3. The lowest BCUT2D eigenvalue weighted by molar-refractivity contribution is -0.167. The van der Waals surface area contributed by atoms with Gasteiger partial charge in [0.1, 0.15) is 13.2 Å². The average Bonchev–Trinajstić information content (AvgIpc) is 3.34. The molecule has 0 saturated heterocycles. The van der Waals surface area contributed by atoms with Crippen LogP contribution in [0.1, 0.15) is 297 Å². The van der Waals surface area contributed by atoms with E-state index in [4.69, 9.17) is 14.2 Å². The minimum absolute atomic E-state index is 0.0819. The second-order valence-electron chi connectivity index (χ2n) is 19.6. The molecule has 0 aromatic carbocycles. The highest BCUT2D eigenvalue weighted by atomic mass is 16.6. The molecule has 1 atom stereocenters. The van der Waals surface area contributed by atoms with Gasteiger partial charge in [-0.1, -0.05) is 248 Å². The van der Waals surface area contributed by atoms with Gasteiger partial charge >= 0.3 is 17.9 Å². The Morgan fingerprint density at radius 3 is 0.853 bits per heavy atom. The summed E-state index contributed by atoms with van der Waals surface area (Å²) in [5.41, 5.74) is 0. The molecule has 0 aromatic rings. The fourth-order valence-electron chi connectivity index (χ4n) is 8.30. The molecule has 68 heavy (non-hydrogen) atoms. The number of unbranched alkanes of at least 4 members (excludes halogenated alkanes) is 32. The van der Waals surface area contributed by atoms with Crippen LogP contribution in [0.25, 0.3) is 0 Å². The van der Waals surface area contributed by atoms with E-state index in [0.717, 1.165) is 103 Å². The molecule has 6 heteroatoms. The maximum absolute atomic E-state index is 12.8. The zero-order chi connectivity index (χ0) is 49.3. The molecule has 0 rings (SSSR count). The van der Waals surface area contributed by atoms with Crippen LogP contribution in [0, 0.1) is 0 Å². The van der Waals surface area contributed by atoms with Crippen LogP contribution in [0.15, 0.2) is 60.8 Å². The van der Waals surface area contributed by atoms with Crippen molar-refractivity contribution in [1.29, 1.82) is 0 Å². The Balaban J connectivity index is 4.38. The highest BCUT2D eigenvalue weighted by Crippen LogP contribution is 2.16. The molecule has 0 fully saturated rings. The number of hydrogen-bond donors (Lipinski definition) is 0. The van der Waals surface area contributed by atoms with E-state index in [-0.39, 0.29) is 31.1 Å². The Hall–Kier alpha value is -2.89. The van der Waals surface area contributed by atoms with Gasteiger partial charge in [-0.3, -0.25) is 14.4 Å². The number of ether oxygens (including phenoxy) is 3. The molecule has 0 aromatic heterocycles. The van der Waals surface area contributed by atoms with Crippen molar-refractivity contribution in [3.63, 3.8) is 0 Å². The van der Waals surface area contributed by atoms with Gasteiger partial charge in [-0.15, -0.1) is 0 Å². The SMILES string of the molecule is CCCCC/C=C\C/C=C\CCCCCCCC(=O)OC(COC(=O)CCCCCCCC/C=C\C/C=C\C/C=C\CCCCCCC)COC(=O)CCCCCCCCCCCCCCCC. The molecule has 0 amide bonds. The summed E-state index contributed by atoms with van der Waals surface area (Å²) in [6.45, 7) is 6.61. The van der Waals surface area contributed by atoms with Gasteiger partial charge in [-0.05, 0) is 89.9 Å². The first kappa shape index (κ1) is 65.1. The van der Waals surface area contributed by atoms with Gasteiger partial charge in [0.15, 0.2) is 6.10 Å². The number of rotatable bonds is 53. The smallest absolute Gasteiger partial charge is 0.306 e. The van der Waals surface area contributed by atoms with Crippen molar-refractivity contribution in [3.8, 4) is 0 Å². The quantitative estimate of drug-likeness (QED) is 0.0262. The van der Waals surface area contributed by atoms with Crippen LogP contribution in [-0.2, 0) is 28.6 Å². The predicted molar refractivity (Wildman–Crippen MR) is 293 cm³/mol. The molecule has 0 saturated carbocycles. The lowest BCUT2D eigenvalue weighted by atomic mass is 10.0. The minimum Gasteiger partial charge on any atom is -0.462 e. The second-order valence-corrected chi connectivity index (χ2v) is 19.6. The molecule has 6 nitrogen and oxygen atoms in total. The average molecular weight is 952 g/mol. The van der Waals surface area contributed by atoms with Crippen molar-refractivity contribution in [2.45, 2.75) is 303 Å². The molecule has 0 aliphatic heterocycles. The van der Waals surface area contributed by atoms with E-state index in [1.807, 2.05) is 0 Å². The first-order chi connectivity index (χ1) is 33.5. The normalized spacial score (nSPS) is 12.5. The molecule has 1 unspecified atom stereocenters. The fraction of sp³-hybridized carbons (Fsp3) is 0.790. The summed E-state index contributed by atoms with van der Waals surface area (Å²) in [6, 6.07) is 0. The lowest BCUT2D eigenvalue weighted by Crippen LogP contribution is -2.30. The summed E-state index contributed by atoms with van der Waals surface area (Å²) >= 11 is 0. The van der Waals surface area contributed by atoms with Crippen LogP contribution in [0.3, 0.4) is 0 Å². The van der Waals surface area contributed by atoms with Gasteiger partial charge in [0.05, 0.1) is 0 Å². The summed E-state index contributed by atoms with van der Waals surface area (Å²) in [4.78, 5) is 38.2. The zero-order valence-electron chi connectivity index (χ0n) is 45.1. The molecule has 0 heterocycles. The monoisotopic (exact) mass is 951 g/mol. The Morgan fingerprint density at radius 1 is 0.294 bits per heavy atom. The maximum Gasteiger partial charge on any atom is 0.306 e.